The Morgan fingerprint density at radius 3 is 2.32 bits per heavy atom. The maximum Gasteiger partial charge on any atom is 0.416 e. The van der Waals surface area contributed by atoms with Crippen LogP contribution in [0.15, 0.2) is 29.3 Å². The van der Waals surface area contributed by atoms with Gasteiger partial charge in [0.05, 0.1) is 23.4 Å². The predicted octanol–water partition coefficient (Wildman–Crippen LogP) is 3.71. The monoisotopic (exact) mass is 542 g/mol. The van der Waals surface area contributed by atoms with E-state index in [2.05, 4.69) is 4.99 Å². The van der Waals surface area contributed by atoms with E-state index >= 15 is 0 Å². The van der Waals surface area contributed by atoms with Crippen LogP contribution >= 0.6 is 0 Å². The zero-order valence-corrected chi connectivity index (χ0v) is 22.5. The first-order chi connectivity index (χ1) is 17.1. The number of carbonyl (C=O) groups excluding carboxylic acids is 1. The van der Waals surface area contributed by atoms with E-state index in [9.17, 15) is 26.4 Å². The molecule has 1 aromatic heterocycles. The van der Waals surface area contributed by atoms with Crippen molar-refractivity contribution in [1.82, 2.24) is 13.7 Å². The molecule has 2 heterocycles. The standard InChI is InChI=1S/C25H33F3N4O4S/c1-24(2,3)21-13-22(31(30(21)4)14-16-6-7-16)29-23(33)19-12-17(25(26,27)28)8-9-20(19)36-15-18-10-11-32(18)37(5,34)35/h8-9,12-13,16,18H,6-7,10-11,14-15H2,1-5H3/b29-22+/t18-/m0/s1. The summed E-state index contributed by atoms with van der Waals surface area (Å²) in [4.78, 5) is 17.6. The minimum absolute atomic E-state index is 0.0668. The lowest BCUT2D eigenvalue weighted by Crippen LogP contribution is -2.53. The lowest BCUT2D eigenvalue weighted by molar-refractivity contribution is -0.137. The number of amides is 1. The molecular weight excluding hydrogens is 509 g/mol. The predicted molar refractivity (Wildman–Crippen MR) is 132 cm³/mol. The fourth-order valence-corrected chi connectivity index (χ4v) is 5.64. The molecule has 1 amide bonds. The molecule has 4 rings (SSSR count). The highest BCUT2D eigenvalue weighted by molar-refractivity contribution is 7.88. The van der Waals surface area contributed by atoms with E-state index in [1.807, 2.05) is 37.2 Å². The van der Waals surface area contributed by atoms with Gasteiger partial charge in [0, 0.05) is 37.3 Å². The number of carbonyl (C=O) groups is 1. The van der Waals surface area contributed by atoms with Crippen LogP contribution in [0.25, 0.3) is 0 Å². The zero-order chi connectivity index (χ0) is 27.3. The normalized spacial score (nSPS) is 19.7. The highest BCUT2D eigenvalue weighted by atomic mass is 32.2. The Balaban J connectivity index is 1.71. The molecule has 1 saturated heterocycles. The Labute approximate surface area is 214 Å². The number of benzene rings is 1. The number of aromatic nitrogens is 2. The maximum atomic E-state index is 13.5. The lowest BCUT2D eigenvalue weighted by Gasteiger charge is -2.38. The molecule has 204 valence electrons. The van der Waals surface area contributed by atoms with Crippen LogP contribution in [0.2, 0.25) is 0 Å². The summed E-state index contributed by atoms with van der Waals surface area (Å²) in [7, 11) is -1.54. The topological polar surface area (TPSA) is 85.9 Å². The molecule has 1 saturated carbocycles. The van der Waals surface area contributed by atoms with Gasteiger partial charge in [0.1, 0.15) is 12.4 Å². The van der Waals surface area contributed by atoms with E-state index < -0.39 is 33.7 Å². The highest BCUT2D eigenvalue weighted by Crippen LogP contribution is 2.34. The molecule has 37 heavy (non-hydrogen) atoms. The van der Waals surface area contributed by atoms with Gasteiger partial charge in [-0.15, -0.1) is 0 Å². The van der Waals surface area contributed by atoms with Gasteiger partial charge in [0.2, 0.25) is 10.0 Å². The van der Waals surface area contributed by atoms with Crippen LogP contribution < -0.4 is 10.2 Å². The largest absolute Gasteiger partial charge is 0.491 e. The van der Waals surface area contributed by atoms with Gasteiger partial charge in [-0.3, -0.25) is 14.2 Å². The molecule has 0 N–H and O–H groups in total. The first kappa shape index (κ1) is 27.4. The highest BCUT2D eigenvalue weighted by Gasteiger charge is 2.36. The Morgan fingerprint density at radius 2 is 1.81 bits per heavy atom. The lowest BCUT2D eigenvalue weighted by atomic mass is 9.92. The molecule has 1 atom stereocenters. The van der Waals surface area contributed by atoms with Gasteiger partial charge in [-0.25, -0.2) is 8.42 Å². The van der Waals surface area contributed by atoms with Crippen LogP contribution in [-0.2, 0) is 35.2 Å². The van der Waals surface area contributed by atoms with Crippen LogP contribution in [0.4, 0.5) is 13.2 Å². The van der Waals surface area contributed by atoms with E-state index in [0.717, 1.165) is 43.0 Å². The van der Waals surface area contributed by atoms with Crippen LogP contribution in [0.3, 0.4) is 0 Å². The summed E-state index contributed by atoms with van der Waals surface area (Å²) < 4.78 is 75.0. The van der Waals surface area contributed by atoms with Crippen molar-refractivity contribution in [2.75, 3.05) is 19.4 Å². The number of ether oxygens (including phenoxy) is 1. The van der Waals surface area contributed by atoms with Crippen molar-refractivity contribution < 1.29 is 31.1 Å². The number of hydrogen-bond donors (Lipinski definition) is 0. The second-order valence-corrected chi connectivity index (χ2v) is 12.9. The van der Waals surface area contributed by atoms with Gasteiger partial charge in [0.25, 0.3) is 5.91 Å². The number of sulfonamides is 1. The van der Waals surface area contributed by atoms with Crippen LogP contribution in [0, 0.1) is 5.92 Å². The Hall–Kier alpha value is -2.60. The molecule has 8 nitrogen and oxygen atoms in total. The van der Waals surface area contributed by atoms with Gasteiger partial charge < -0.3 is 4.74 Å². The smallest absolute Gasteiger partial charge is 0.416 e. The second kappa shape index (κ2) is 9.61. The summed E-state index contributed by atoms with van der Waals surface area (Å²) >= 11 is 0. The van der Waals surface area contributed by atoms with Gasteiger partial charge in [-0.2, -0.15) is 22.5 Å². The first-order valence-corrected chi connectivity index (χ1v) is 14.1. The number of alkyl halides is 3. The summed E-state index contributed by atoms with van der Waals surface area (Å²) in [6, 6.07) is 4.04. The van der Waals surface area contributed by atoms with Crippen LogP contribution in [0.1, 0.15) is 61.6 Å². The molecule has 1 aromatic carbocycles. The molecular formula is C25H33F3N4O4S. The minimum atomic E-state index is -4.66. The van der Waals surface area contributed by atoms with E-state index in [-0.39, 0.29) is 23.3 Å². The third-order valence-electron chi connectivity index (χ3n) is 6.84. The van der Waals surface area contributed by atoms with E-state index in [1.165, 1.54) is 4.31 Å². The maximum absolute atomic E-state index is 13.5. The molecule has 0 spiro atoms. The molecule has 12 heteroatoms. The Bertz CT molecular complexity index is 1370. The molecule has 2 fully saturated rings. The van der Waals surface area contributed by atoms with Crippen LogP contribution in [-0.4, -0.2) is 53.4 Å². The summed E-state index contributed by atoms with van der Waals surface area (Å²) in [6.45, 7) is 7.04. The summed E-state index contributed by atoms with van der Waals surface area (Å²) in [5.41, 5.74) is -0.246. The molecule has 0 unspecified atom stereocenters. The Morgan fingerprint density at radius 1 is 1.14 bits per heavy atom. The van der Waals surface area contributed by atoms with Gasteiger partial charge in [-0.1, -0.05) is 20.8 Å². The minimum Gasteiger partial charge on any atom is -0.491 e. The fourth-order valence-electron chi connectivity index (χ4n) is 4.50. The zero-order valence-electron chi connectivity index (χ0n) is 21.7. The summed E-state index contributed by atoms with van der Waals surface area (Å²) in [5.74, 6) is -0.448. The van der Waals surface area contributed by atoms with Crippen molar-refractivity contribution in [2.45, 2.75) is 64.2 Å². The molecule has 1 aliphatic heterocycles. The molecule has 0 bridgehead atoms. The number of rotatable bonds is 7. The molecule has 2 aromatic rings. The van der Waals surface area contributed by atoms with Gasteiger partial charge in [-0.05, 0) is 43.4 Å². The SMILES string of the molecule is Cn1c(C(C)(C)C)c/c(=N\C(=O)c2cc(C(F)(F)F)ccc2OC[C@@H]2CCN2S(C)(=O)=O)n1CC1CC1. The van der Waals surface area contributed by atoms with Crippen molar-refractivity contribution in [2.24, 2.45) is 18.0 Å². The molecule has 2 aliphatic rings. The second-order valence-electron chi connectivity index (χ2n) is 10.9. The van der Waals surface area contributed by atoms with Crippen molar-refractivity contribution >= 4 is 15.9 Å². The molecule has 0 radical (unpaired) electrons. The first-order valence-electron chi connectivity index (χ1n) is 12.2. The average molecular weight is 543 g/mol. The average Bonchev–Trinajstić information content (AvgIpc) is 3.49. The van der Waals surface area contributed by atoms with E-state index in [4.69, 9.17) is 4.74 Å². The fraction of sp³-hybridized carbons (Fsp3) is 0.600. The quantitative estimate of drug-likeness (QED) is 0.534. The number of nitrogens with zero attached hydrogens (tertiary/aromatic N) is 4. The number of halogens is 3. The third-order valence-corrected chi connectivity index (χ3v) is 8.17. The third kappa shape index (κ3) is 6.11. The van der Waals surface area contributed by atoms with Gasteiger partial charge in [0.15, 0.2) is 5.49 Å². The van der Waals surface area contributed by atoms with Crippen LogP contribution in [0.5, 0.6) is 5.75 Å². The summed E-state index contributed by atoms with van der Waals surface area (Å²) in [6.07, 6.45) is -0.857. The Kier molecular flexibility index (Phi) is 7.13. The van der Waals surface area contributed by atoms with Crippen molar-refractivity contribution in [3.05, 3.63) is 46.6 Å². The van der Waals surface area contributed by atoms with Gasteiger partial charge >= 0.3 is 6.18 Å². The van der Waals surface area contributed by atoms with Crippen molar-refractivity contribution in [1.29, 1.82) is 0 Å². The molecule has 1 aliphatic carbocycles. The summed E-state index contributed by atoms with van der Waals surface area (Å²) in [5, 5.41) is 0. The van der Waals surface area contributed by atoms with Crippen molar-refractivity contribution in [3.8, 4) is 5.75 Å². The van der Waals surface area contributed by atoms with E-state index in [0.29, 0.717) is 30.9 Å². The van der Waals surface area contributed by atoms with E-state index in [1.54, 1.807) is 6.07 Å². The number of hydrogen-bond acceptors (Lipinski definition) is 4. The van der Waals surface area contributed by atoms with Crippen molar-refractivity contribution in [3.63, 3.8) is 0 Å².